The highest BCUT2D eigenvalue weighted by molar-refractivity contribution is 5.98. The van der Waals surface area contributed by atoms with Crippen LogP contribution in [0.1, 0.15) is 41.8 Å². The van der Waals surface area contributed by atoms with Gasteiger partial charge in [0.15, 0.2) is 11.5 Å². The third kappa shape index (κ3) is 5.58. The Morgan fingerprint density at radius 1 is 1.16 bits per heavy atom. The summed E-state index contributed by atoms with van der Waals surface area (Å²) < 4.78 is 56.1. The number of pyridine rings is 1. The Labute approximate surface area is 216 Å². The van der Waals surface area contributed by atoms with Crippen LogP contribution in [0, 0.1) is 5.92 Å². The molecule has 0 radical (unpaired) electrons. The molecule has 204 valence electrons. The maximum atomic E-state index is 13.3. The normalized spacial score (nSPS) is 15.8. The highest BCUT2D eigenvalue weighted by atomic mass is 19.4. The van der Waals surface area contributed by atoms with Gasteiger partial charge in [-0.15, -0.1) is 0 Å². The van der Waals surface area contributed by atoms with Crippen LogP contribution in [0.4, 0.5) is 13.2 Å². The smallest absolute Gasteiger partial charge is 0.433 e. The van der Waals surface area contributed by atoms with Gasteiger partial charge in [0, 0.05) is 30.6 Å². The van der Waals surface area contributed by atoms with Gasteiger partial charge in [-0.1, -0.05) is 6.92 Å². The number of rotatable bonds is 7. The Kier molecular flexibility index (Phi) is 7.88. The molecule has 10 nitrogen and oxygen atoms in total. The van der Waals surface area contributed by atoms with Gasteiger partial charge in [0.2, 0.25) is 11.8 Å². The number of morpholine rings is 1. The molecule has 0 saturated carbocycles. The van der Waals surface area contributed by atoms with Crippen molar-refractivity contribution in [3.8, 4) is 17.2 Å². The minimum absolute atomic E-state index is 0.0193. The zero-order chi connectivity index (χ0) is 27.6. The van der Waals surface area contributed by atoms with Gasteiger partial charge in [-0.3, -0.25) is 9.59 Å². The van der Waals surface area contributed by atoms with E-state index in [4.69, 9.17) is 19.6 Å². The van der Waals surface area contributed by atoms with Gasteiger partial charge in [0.05, 0.1) is 32.3 Å². The molecule has 1 unspecified atom stereocenters. The molecule has 1 saturated heterocycles. The fourth-order valence-corrected chi connectivity index (χ4v) is 4.13. The Bertz CT molecular complexity index is 1330. The number of benzene rings is 1. The summed E-state index contributed by atoms with van der Waals surface area (Å²) in [6.45, 7) is 5.31. The van der Waals surface area contributed by atoms with Gasteiger partial charge in [-0.2, -0.15) is 13.2 Å². The van der Waals surface area contributed by atoms with E-state index in [1.54, 1.807) is 24.8 Å². The number of hydrogen-bond acceptors (Lipinski definition) is 8. The first kappa shape index (κ1) is 27.3. The summed E-state index contributed by atoms with van der Waals surface area (Å²) >= 11 is 0. The van der Waals surface area contributed by atoms with Crippen LogP contribution in [0.3, 0.4) is 0 Å². The van der Waals surface area contributed by atoms with E-state index in [9.17, 15) is 22.8 Å². The minimum Gasteiger partial charge on any atom is -0.494 e. The van der Waals surface area contributed by atoms with Gasteiger partial charge in [-0.25, -0.2) is 9.97 Å². The zero-order valence-corrected chi connectivity index (χ0v) is 21.1. The fourth-order valence-electron chi connectivity index (χ4n) is 4.13. The molecule has 1 aliphatic heterocycles. The first-order chi connectivity index (χ1) is 18.0. The van der Waals surface area contributed by atoms with Crippen molar-refractivity contribution in [3.05, 3.63) is 41.4 Å². The Hall–Kier alpha value is -3.71. The van der Waals surface area contributed by atoms with E-state index in [1.807, 2.05) is 0 Å². The number of carbonyl (C=O) groups is 2. The van der Waals surface area contributed by atoms with Crippen molar-refractivity contribution in [2.45, 2.75) is 26.1 Å². The van der Waals surface area contributed by atoms with E-state index in [-0.39, 0.29) is 46.4 Å². The van der Waals surface area contributed by atoms with Gasteiger partial charge in [0.25, 0.3) is 5.91 Å². The van der Waals surface area contributed by atoms with Crippen LogP contribution in [0.15, 0.2) is 28.7 Å². The highest BCUT2D eigenvalue weighted by Gasteiger charge is 2.33. The van der Waals surface area contributed by atoms with Crippen molar-refractivity contribution in [1.82, 2.24) is 20.2 Å². The lowest BCUT2D eigenvalue weighted by atomic mass is 10.1. The number of nitrogens with zero attached hydrogens (tertiary/aromatic N) is 3. The summed E-state index contributed by atoms with van der Waals surface area (Å²) in [5.74, 6) is -0.976. The van der Waals surface area contributed by atoms with Crippen molar-refractivity contribution in [1.29, 1.82) is 0 Å². The summed E-state index contributed by atoms with van der Waals surface area (Å²) in [6.07, 6.45) is -4.65. The van der Waals surface area contributed by atoms with E-state index < -0.39 is 29.7 Å². The SMILES string of the molecule is COc1ccc(-c2nc(C(=O)NC[C@H](C)C(=O)N3CCOCC3)c(C(C)N)o2)c2ccc(C(F)(F)F)nc12. The van der Waals surface area contributed by atoms with Crippen molar-refractivity contribution in [3.63, 3.8) is 0 Å². The number of methoxy groups -OCH3 is 1. The van der Waals surface area contributed by atoms with E-state index in [2.05, 4.69) is 15.3 Å². The van der Waals surface area contributed by atoms with Gasteiger partial charge in [-0.05, 0) is 31.2 Å². The topological polar surface area (TPSA) is 133 Å². The number of amides is 2. The molecule has 38 heavy (non-hydrogen) atoms. The number of nitrogens with two attached hydrogens (primary N) is 1. The number of aromatic nitrogens is 2. The van der Waals surface area contributed by atoms with Gasteiger partial charge in [0.1, 0.15) is 17.0 Å². The van der Waals surface area contributed by atoms with Crippen molar-refractivity contribution in [2.75, 3.05) is 40.0 Å². The number of oxazole rings is 1. The number of fused-ring (bicyclic) bond motifs is 1. The van der Waals surface area contributed by atoms with E-state index in [1.165, 1.54) is 19.2 Å². The summed E-state index contributed by atoms with van der Waals surface area (Å²) in [4.78, 5) is 35.5. The van der Waals surface area contributed by atoms with Crippen LogP contribution in [0.25, 0.3) is 22.4 Å². The van der Waals surface area contributed by atoms with Crippen molar-refractivity contribution < 1.29 is 36.7 Å². The highest BCUT2D eigenvalue weighted by Crippen LogP contribution is 2.37. The lowest BCUT2D eigenvalue weighted by Gasteiger charge is -2.29. The molecule has 1 fully saturated rings. The van der Waals surface area contributed by atoms with Crippen LogP contribution in [-0.2, 0) is 15.7 Å². The quantitative estimate of drug-likeness (QED) is 0.472. The Balaban J connectivity index is 1.62. The molecule has 2 aromatic heterocycles. The van der Waals surface area contributed by atoms with Crippen LogP contribution >= 0.6 is 0 Å². The second-order valence-corrected chi connectivity index (χ2v) is 8.98. The summed E-state index contributed by atoms with van der Waals surface area (Å²) in [7, 11) is 1.32. The lowest BCUT2D eigenvalue weighted by molar-refractivity contribution is -0.141. The molecule has 1 aromatic carbocycles. The first-order valence-corrected chi connectivity index (χ1v) is 12.0. The molecular weight excluding hydrogens is 507 g/mol. The first-order valence-electron chi connectivity index (χ1n) is 12.0. The predicted molar refractivity (Wildman–Crippen MR) is 130 cm³/mol. The van der Waals surface area contributed by atoms with Crippen molar-refractivity contribution >= 4 is 22.7 Å². The molecule has 2 amide bonds. The fraction of sp³-hybridized carbons (Fsp3) is 0.440. The van der Waals surface area contributed by atoms with E-state index in [0.717, 1.165) is 6.07 Å². The van der Waals surface area contributed by atoms with Gasteiger partial charge >= 0.3 is 6.18 Å². The second-order valence-electron chi connectivity index (χ2n) is 8.98. The predicted octanol–water partition coefficient (Wildman–Crippen LogP) is 3.16. The second kappa shape index (κ2) is 11.0. The molecular formula is C25H28F3N5O5. The van der Waals surface area contributed by atoms with Crippen LogP contribution < -0.4 is 15.8 Å². The molecule has 1 aliphatic rings. The van der Waals surface area contributed by atoms with Crippen molar-refractivity contribution in [2.24, 2.45) is 11.7 Å². The zero-order valence-electron chi connectivity index (χ0n) is 21.1. The summed E-state index contributed by atoms with van der Waals surface area (Å²) in [5.41, 5.74) is 5.13. The molecule has 3 N–H and O–H groups in total. The Morgan fingerprint density at radius 3 is 2.50 bits per heavy atom. The molecule has 3 aromatic rings. The standard InChI is InChI=1S/C25H28F3N5O5/c1-13(24(35)33-8-10-37-11-9-33)12-30-22(34)20-21(14(2)29)38-23(32-20)16-4-6-17(36-3)19-15(16)5-7-18(31-19)25(26,27)28/h4-7,13-14H,8-12,29H2,1-3H3,(H,30,34)/t13-,14?/m0/s1. The third-order valence-electron chi connectivity index (χ3n) is 6.16. The van der Waals surface area contributed by atoms with Crippen LogP contribution in [0.5, 0.6) is 5.75 Å². The number of hydrogen-bond donors (Lipinski definition) is 2. The average molecular weight is 536 g/mol. The van der Waals surface area contributed by atoms with Gasteiger partial charge < -0.3 is 29.8 Å². The number of nitrogens with one attached hydrogen (secondary N) is 1. The van der Waals surface area contributed by atoms with Crippen LogP contribution in [0.2, 0.25) is 0 Å². The number of carbonyl (C=O) groups excluding carboxylic acids is 2. The molecule has 0 aliphatic carbocycles. The van der Waals surface area contributed by atoms with E-state index in [0.29, 0.717) is 31.9 Å². The molecule has 0 spiro atoms. The van der Waals surface area contributed by atoms with E-state index >= 15 is 0 Å². The number of alkyl halides is 3. The maximum absolute atomic E-state index is 13.3. The number of halogens is 3. The largest absolute Gasteiger partial charge is 0.494 e. The van der Waals surface area contributed by atoms with Crippen LogP contribution in [-0.4, -0.2) is 66.6 Å². The monoisotopic (exact) mass is 535 g/mol. The lowest BCUT2D eigenvalue weighted by Crippen LogP contribution is -2.45. The Morgan fingerprint density at radius 2 is 1.87 bits per heavy atom. The average Bonchev–Trinajstić information content (AvgIpc) is 3.36. The summed E-state index contributed by atoms with van der Waals surface area (Å²) in [6, 6.07) is 4.37. The number of ether oxygens (including phenoxy) is 2. The molecule has 3 heterocycles. The molecule has 2 atom stereocenters. The maximum Gasteiger partial charge on any atom is 0.433 e. The summed E-state index contributed by atoms with van der Waals surface area (Å²) in [5, 5.41) is 2.99. The molecule has 0 bridgehead atoms. The third-order valence-corrected chi connectivity index (χ3v) is 6.16. The minimum atomic E-state index is -4.65. The molecule has 4 rings (SSSR count). The molecule has 13 heteroatoms.